The SMILES string of the molecule is COC(=O)C1CCN(CCOc2cc(C)ccc2C)CC1. The molecular formula is C17H25NO3. The molecule has 2 rings (SSSR count). The maximum absolute atomic E-state index is 11.5. The van der Waals surface area contributed by atoms with E-state index in [1.165, 1.54) is 18.2 Å². The standard InChI is InChI=1S/C17H25NO3/c1-13-4-5-14(2)16(12-13)21-11-10-18-8-6-15(7-9-18)17(19)20-3/h4-5,12,15H,6-11H2,1-3H3. The normalized spacial score (nSPS) is 16.7. The van der Waals surface area contributed by atoms with Crippen molar-refractivity contribution in [3.05, 3.63) is 29.3 Å². The van der Waals surface area contributed by atoms with E-state index in [-0.39, 0.29) is 11.9 Å². The lowest BCUT2D eigenvalue weighted by Gasteiger charge is -2.30. The topological polar surface area (TPSA) is 38.8 Å². The third kappa shape index (κ3) is 4.46. The number of hydrogen-bond donors (Lipinski definition) is 0. The molecule has 0 unspecified atom stereocenters. The Morgan fingerprint density at radius 1 is 1.29 bits per heavy atom. The average molecular weight is 291 g/mol. The van der Waals surface area contributed by atoms with Crippen LogP contribution >= 0.6 is 0 Å². The van der Waals surface area contributed by atoms with Crippen LogP contribution in [0.15, 0.2) is 18.2 Å². The van der Waals surface area contributed by atoms with Crippen molar-refractivity contribution < 1.29 is 14.3 Å². The zero-order valence-electron chi connectivity index (χ0n) is 13.2. The van der Waals surface area contributed by atoms with E-state index in [0.717, 1.165) is 38.2 Å². The Labute approximate surface area is 127 Å². The van der Waals surface area contributed by atoms with Crippen molar-refractivity contribution in [1.29, 1.82) is 0 Å². The monoisotopic (exact) mass is 291 g/mol. The van der Waals surface area contributed by atoms with E-state index >= 15 is 0 Å². The summed E-state index contributed by atoms with van der Waals surface area (Å²) in [5.41, 5.74) is 2.39. The minimum Gasteiger partial charge on any atom is -0.492 e. The van der Waals surface area contributed by atoms with E-state index in [1.807, 2.05) is 0 Å². The fourth-order valence-electron chi connectivity index (χ4n) is 2.71. The number of hydrogen-bond acceptors (Lipinski definition) is 4. The Kier molecular flexibility index (Phi) is 5.62. The Hall–Kier alpha value is -1.55. The molecule has 1 aromatic rings. The van der Waals surface area contributed by atoms with Gasteiger partial charge in [-0.25, -0.2) is 0 Å². The van der Waals surface area contributed by atoms with E-state index in [0.29, 0.717) is 6.61 Å². The Bertz CT molecular complexity index is 479. The molecule has 1 saturated heterocycles. The quantitative estimate of drug-likeness (QED) is 0.782. The maximum Gasteiger partial charge on any atom is 0.308 e. The summed E-state index contributed by atoms with van der Waals surface area (Å²) in [6.07, 6.45) is 1.77. The van der Waals surface area contributed by atoms with Crippen molar-refractivity contribution in [2.24, 2.45) is 5.92 Å². The molecule has 1 aliphatic rings. The summed E-state index contributed by atoms with van der Waals surface area (Å²) in [7, 11) is 1.47. The fraction of sp³-hybridized carbons (Fsp3) is 0.588. The van der Waals surface area contributed by atoms with Crippen LogP contribution < -0.4 is 4.74 Å². The van der Waals surface area contributed by atoms with Crippen molar-refractivity contribution >= 4 is 5.97 Å². The van der Waals surface area contributed by atoms with Crippen LogP contribution in [0.25, 0.3) is 0 Å². The molecule has 4 heteroatoms. The highest BCUT2D eigenvalue weighted by atomic mass is 16.5. The number of aryl methyl sites for hydroxylation is 2. The Morgan fingerprint density at radius 3 is 2.67 bits per heavy atom. The van der Waals surface area contributed by atoms with Gasteiger partial charge >= 0.3 is 5.97 Å². The van der Waals surface area contributed by atoms with Gasteiger partial charge < -0.3 is 9.47 Å². The number of benzene rings is 1. The molecule has 116 valence electrons. The van der Waals surface area contributed by atoms with E-state index in [4.69, 9.17) is 9.47 Å². The molecule has 0 radical (unpaired) electrons. The lowest BCUT2D eigenvalue weighted by Crippen LogP contribution is -2.38. The molecule has 1 fully saturated rings. The van der Waals surface area contributed by atoms with E-state index in [9.17, 15) is 4.79 Å². The molecule has 0 saturated carbocycles. The molecule has 0 N–H and O–H groups in total. The van der Waals surface area contributed by atoms with Crippen LogP contribution in [0.1, 0.15) is 24.0 Å². The Morgan fingerprint density at radius 2 is 2.00 bits per heavy atom. The van der Waals surface area contributed by atoms with Crippen molar-refractivity contribution in [3.8, 4) is 5.75 Å². The van der Waals surface area contributed by atoms with Gasteiger partial charge in [0.2, 0.25) is 0 Å². The first-order chi connectivity index (χ1) is 10.1. The number of nitrogens with zero attached hydrogens (tertiary/aromatic N) is 1. The van der Waals surface area contributed by atoms with Crippen LogP contribution in [0.4, 0.5) is 0 Å². The molecule has 4 nitrogen and oxygen atoms in total. The second-order valence-corrected chi connectivity index (χ2v) is 5.76. The molecule has 1 heterocycles. The number of rotatable bonds is 5. The van der Waals surface area contributed by atoms with Crippen LogP contribution in [0, 0.1) is 19.8 Å². The van der Waals surface area contributed by atoms with Gasteiger partial charge in [0.25, 0.3) is 0 Å². The van der Waals surface area contributed by atoms with Crippen LogP contribution in [0.2, 0.25) is 0 Å². The van der Waals surface area contributed by atoms with Crippen molar-refractivity contribution in [2.75, 3.05) is 33.4 Å². The van der Waals surface area contributed by atoms with Gasteiger partial charge in [-0.15, -0.1) is 0 Å². The lowest BCUT2D eigenvalue weighted by atomic mass is 9.97. The largest absolute Gasteiger partial charge is 0.492 e. The van der Waals surface area contributed by atoms with Crippen molar-refractivity contribution in [1.82, 2.24) is 4.90 Å². The van der Waals surface area contributed by atoms with Crippen LogP contribution in [-0.2, 0) is 9.53 Å². The molecule has 0 bridgehead atoms. The molecule has 0 amide bonds. The third-order valence-corrected chi connectivity index (χ3v) is 4.13. The van der Waals surface area contributed by atoms with Gasteiger partial charge in [-0.2, -0.15) is 0 Å². The van der Waals surface area contributed by atoms with Gasteiger partial charge in [0.1, 0.15) is 12.4 Å². The summed E-state index contributed by atoms with van der Waals surface area (Å²) in [4.78, 5) is 13.8. The highest BCUT2D eigenvalue weighted by molar-refractivity contribution is 5.72. The smallest absolute Gasteiger partial charge is 0.308 e. The summed E-state index contributed by atoms with van der Waals surface area (Å²) in [5.74, 6) is 0.979. The number of esters is 1. The summed E-state index contributed by atoms with van der Waals surface area (Å²) >= 11 is 0. The summed E-state index contributed by atoms with van der Waals surface area (Å²) in [5, 5.41) is 0. The molecule has 0 atom stereocenters. The number of piperidine rings is 1. The predicted octanol–water partition coefficient (Wildman–Crippen LogP) is 2.57. The predicted molar refractivity (Wildman–Crippen MR) is 82.6 cm³/mol. The van der Waals surface area contributed by atoms with E-state index in [1.54, 1.807) is 0 Å². The number of carbonyl (C=O) groups excluding carboxylic acids is 1. The average Bonchev–Trinajstić information content (AvgIpc) is 2.50. The first-order valence-electron chi connectivity index (χ1n) is 7.60. The van der Waals surface area contributed by atoms with Gasteiger partial charge in [0, 0.05) is 6.54 Å². The van der Waals surface area contributed by atoms with Gasteiger partial charge in [-0.1, -0.05) is 12.1 Å². The van der Waals surface area contributed by atoms with Crippen molar-refractivity contribution in [2.45, 2.75) is 26.7 Å². The third-order valence-electron chi connectivity index (χ3n) is 4.13. The number of methoxy groups -OCH3 is 1. The molecule has 0 spiro atoms. The van der Waals surface area contributed by atoms with Gasteiger partial charge in [-0.05, 0) is 57.0 Å². The number of ether oxygens (including phenoxy) is 2. The van der Waals surface area contributed by atoms with E-state index in [2.05, 4.69) is 36.9 Å². The maximum atomic E-state index is 11.5. The second-order valence-electron chi connectivity index (χ2n) is 5.76. The van der Waals surface area contributed by atoms with Gasteiger partial charge in [0.05, 0.1) is 13.0 Å². The second kappa shape index (κ2) is 7.46. The molecule has 1 aliphatic heterocycles. The number of likely N-dealkylation sites (tertiary alicyclic amines) is 1. The van der Waals surface area contributed by atoms with Crippen LogP contribution in [0.5, 0.6) is 5.75 Å². The fourth-order valence-corrected chi connectivity index (χ4v) is 2.71. The molecule has 0 aliphatic carbocycles. The van der Waals surface area contributed by atoms with Gasteiger partial charge in [0.15, 0.2) is 0 Å². The molecule has 1 aromatic carbocycles. The first-order valence-corrected chi connectivity index (χ1v) is 7.60. The highest BCUT2D eigenvalue weighted by Crippen LogP contribution is 2.20. The minimum absolute atomic E-state index is 0.0683. The molecule has 21 heavy (non-hydrogen) atoms. The minimum atomic E-state index is -0.0683. The lowest BCUT2D eigenvalue weighted by molar-refractivity contribution is -0.147. The summed E-state index contributed by atoms with van der Waals surface area (Å²) < 4.78 is 10.7. The van der Waals surface area contributed by atoms with E-state index < -0.39 is 0 Å². The van der Waals surface area contributed by atoms with Crippen molar-refractivity contribution in [3.63, 3.8) is 0 Å². The number of carbonyl (C=O) groups is 1. The first kappa shape index (κ1) is 15.8. The highest BCUT2D eigenvalue weighted by Gasteiger charge is 2.25. The van der Waals surface area contributed by atoms with Crippen LogP contribution in [0.3, 0.4) is 0 Å². The van der Waals surface area contributed by atoms with Gasteiger partial charge in [-0.3, -0.25) is 9.69 Å². The summed E-state index contributed by atoms with van der Waals surface area (Å²) in [6.45, 7) is 7.61. The summed E-state index contributed by atoms with van der Waals surface area (Å²) in [6, 6.07) is 6.27. The zero-order valence-corrected chi connectivity index (χ0v) is 13.2. The van der Waals surface area contributed by atoms with Crippen LogP contribution in [-0.4, -0.2) is 44.2 Å². The molecule has 0 aromatic heterocycles. The zero-order chi connectivity index (χ0) is 15.2. The Balaban J connectivity index is 1.73. The molecular weight excluding hydrogens is 266 g/mol.